The van der Waals surface area contributed by atoms with E-state index in [9.17, 15) is 9.90 Å². The average Bonchev–Trinajstić information content (AvgIpc) is 3.60. The number of benzene rings is 5. The Bertz CT molecular complexity index is 2060. The molecule has 0 atom stereocenters. The molecule has 216 valence electrons. The van der Waals surface area contributed by atoms with E-state index < -0.39 is 5.97 Å². The molecular formula is C39H32N2O3. The van der Waals surface area contributed by atoms with Gasteiger partial charge in [0, 0.05) is 30.3 Å². The summed E-state index contributed by atoms with van der Waals surface area (Å²) < 4.78 is 8.44. The molecule has 0 aliphatic heterocycles. The van der Waals surface area contributed by atoms with Gasteiger partial charge in [-0.15, -0.1) is 0 Å². The third kappa shape index (κ3) is 5.64. The average molecular weight is 577 g/mol. The molecule has 0 unspecified atom stereocenters. The summed E-state index contributed by atoms with van der Waals surface area (Å²) in [5, 5.41) is 10.5. The van der Waals surface area contributed by atoms with Crippen molar-refractivity contribution in [3.63, 3.8) is 0 Å². The number of carboxylic acid groups (broad SMARTS) is 1. The fraction of sp³-hybridized carbons (Fsp3) is 0.128. The fourth-order valence-electron chi connectivity index (χ4n) is 6.06. The molecule has 0 radical (unpaired) electrons. The van der Waals surface area contributed by atoms with Crippen LogP contribution in [-0.2, 0) is 30.6 Å². The van der Waals surface area contributed by atoms with E-state index >= 15 is 0 Å². The Balaban J connectivity index is 1.21. The van der Waals surface area contributed by atoms with Crippen LogP contribution in [0.5, 0.6) is 0 Å². The number of aryl methyl sites for hydroxylation is 3. The molecule has 44 heavy (non-hydrogen) atoms. The highest BCUT2D eigenvalue weighted by atomic mass is 16.4. The lowest BCUT2D eigenvalue weighted by Crippen LogP contribution is -2.09. The van der Waals surface area contributed by atoms with E-state index in [1.165, 1.54) is 11.1 Å². The molecule has 0 aliphatic carbocycles. The van der Waals surface area contributed by atoms with E-state index in [2.05, 4.69) is 95.6 Å². The highest BCUT2D eigenvalue weighted by Gasteiger charge is 2.17. The summed E-state index contributed by atoms with van der Waals surface area (Å²) in [6, 6.07) is 43.9. The first kappa shape index (κ1) is 27.4. The van der Waals surface area contributed by atoms with Crippen molar-refractivity contribution in [2.75, 3.05) is 0 Å². The summed E-state index contributed by atoms with van der Waals surface area (Å²) in [4.78, 5) is 16.4. The van der Waals surface area contributed by atoms with E-state index in [1.54, 1.807) is 0 Å². The van der Waals surface area contributed by atoms with Crippen molar-refractivity contribution in [2.24, 2.45) is 0 Å². The predicted octanol–water partition coefficient (Wildman–Crippen LogP) is 8.97. The smallest absolute Gasteiger partial charge is 0.305 e. The maximum atomic E-state index is 11.4. The summed E-state index contributed by atoms with van der Waals surface area (Å²) in [5.74, 6) is 1.06. The standard InChI is InChI=1S/C39H32N2O3/c42-38(43)23-24-41-34-21-20-31(26-33(34)40-37(41)22-15-27-9-3-1-4-10-27)29-16-18-30(19-17-29)39-32-13-7-8-14-35(32)44-36(39)25-28-11-5-2-6-12-28/h1-14,16-21,26H,15,22-25H2,(H,42,43). The molecule has 0 aliphatic rings. The number of nitrogens with zero attached hydrogens (tertiary/aromatic N) is 2. The molecule has 0 spiro atoms. The van der Waals surface area contributed by atoms with Gasteiger partial charge in [-0.3, -0.25) is 4.79 Å². The van der Waals surface area contributed by atoms with Gasteiger partial charge in [-0.25, -0.2) is 4.98 Å². The van der Waals surface area contributed by atoms with Crippen LogP contribution in [0.2, 0.25) is 0 Å². The van der Waals surface area contributed by atoms with Gasteiger partial charge in [0.15, 0.2) is 0 Å². The molecule has 2 aromatic heterocycles. The Labute approximate surface area is 256 Å². The van der Waals surface area contributed by atoms with Crippen LogP contribution in [0.15, 0.2) is 132 Å². The number of carbonyl (C=O) groups is 1. The Morgan fingerprint density at radius 1 is 0.705 bits per heavy atom. The van der Waals surface area contributed by atoms with E-state index in [0.717, 1.165) is 75.1 Å². The Morgan fingerprint density at radius 2 is 1.36 bits per heavy atom. The maximum absolute atomic E-state index is 11.4. The lowest BCUT2D eigenvalue weighted by atomic mass is 9.96. The number of furan rings is 1. The number of rotatable bonds is 10. The number of hydrogen-bond acceptors (Lipinski definition) is 3. The van der Waals surface area contributed by atoms with Crippen molar-refractivity contribution >= 4 is 28.0 Å². The van der Waals surface area contributed by atoms with Gasteiger partial charge in [-0.05, 0) is 52.4 Å². The maximum Gasteiger partial charge on any atom is 0.305 e. The number of fused-ring (bicyclic) bond motifs is 2. The lowest BCUT2D eigenvalue weighted by molar-refractivity contribution is -0.137. The Morgan fingerprint density at radius 3 is 2.11 bits per heavy atom. The normalized spacial score (nSPS) is 11.4. The summed E-state index contributed by atoms with van der Waals surface area (Å²) in [6.45, 7) is 0.397. The molecule has 0 saturated carbocycles. The van der Waals surface area contributed by atoms with Gasteiger partial charge in [0.2, 0.25) is 0 Å². The first-order chi connectivity index (χ1) is 21.6. The second-order valence-electron chi connectivity index (χ2n) is 11.1. The van der Waals surface area contributed by atoms with Crippen molar-refractivity contribution in [1.82, 2.24) is 9.55 Å². The molecule has 0 fully saturated rings. The molecule has 2 heterocycles. The van der Waals surface area contributed by atoms with Crippen LogP contribution >= 0.6 is 0 Å². The fourth-order valence-corrected chi connectivity index (χ4v) is 6.06. The molecule has 0 saturated heterocycles. The van der Waals surface area contributed by atoms with Crippen molar-refractivity contribution in [3.8, 4) is 22.3 Å². The first-order valence-corrected chi connectivity index (χ1v) is 15.0. The van der Waals surface area contributed by atoms with Crippen LogP contribution in [0.1, 0.15) is 29.1 Å². The Kier molecular flexibility index (Phi) is 7.51. The van der Waals surface area contributed by atoms with E-state index in [4.69, 9.17) is 9.40 Å². The molecule has 5 aromatic carbocycles. The SMILES string of the molecule is O=C(O)CCn1c(CCc2ccccc2)nc2cc(-c3ccc(-c4c(Cc5ccccc5)oc5ccccc45)cc3)ccc21. The van der Waals surface area contributed by atoms with Gasteiger partial charge in [0.1, 0.15) is 17.2 Å². The zero-order valence-electron chi connectivity index (χ0n) is 24.3. The molecule has 7 aromatic rings. The van der Waals surface area contributed by atoms with Crippen molar-refractivity contribution in [3.05, 3.63) is 150 Å². The van der Waals surface area contributed by atoms with Gasteiger partial charge in [-0.1, -0.05) is 109 Å². The van der Waals surface area contributed by atoms with Crippen LogP contribution in [0.3, 0.4) is 0 Å². The number of hydrogen-bond donors (Lipinski definition) is 1. The highest BCUT2D eigenvalue weighted by Crippen LogP contribution is 2.37. The molecule has 0 bridgehead atoms. The Hall–Kier alpha value is -5.42. The number of imidazole rings is 1. The number of aliphatic carboxylic acids is 1. The monoisotopic (exact) mass is 576 g/mol. The van der Waals surface area contributed by atoms with Gasteiger partial charge in [-0.2, -0.15) is 0 Å². The van der Waals surface area contributed by atoms with Gasteiger partial charge >= 0.3 is 5.97 Å². The molecule has 0 amide bonds. The van der Waals surface area contributed by atoms with E-state index in [-0.39, 0.29) is 6.42 Å². The minimum Gasteiger partial charge on any atom is -0.481 e. The van der Waals surface area contributed by atoms with Gasteiger partial charge < -0.3 is 14.1 Å². The number of carboxylic acids is 1. The van der Waals surface area contributed by atoms with Gasteiger partial charge in [0.25, 0.3) is 0 Å². The summed E-state index contributed by atoms with van der Waals surface area (Å²) in [7, 11) is 0. The quantitative estimate of drug-likeness (QED) is 0.176. The molecule has 7 rings (SSSR count). The minimum absolute atomic E-state index is 0.0575. The predicted molar refractivity (Wildman–Crippen MR) is 176 cm³/mol. The van der Waals surface area contributed by atoms with Crippen LogP contribution < -0.4 is 0 Å². The molecule has 5 nitrogen and oxygen atoms in total. The van der Waals surface area contributed by atoms with Crippen molar-refractivity contribution in [2.45, 2.75) is 32.2 Å². The third-order valence-electron chi connectivity index (χ3n) is 8.24. The second kappa shape index (κ2) is 12.1. The van der Waals surface area contributed by atoms with Crippen molar-refractivity contribution in [1.29, 1.82) is 0 Å². The first-order valence-electron chi connectivity index (χ1n) is 15.0. The number of aromatic nitrogens is 2. The highest BCUT2D eigenvalue weighted by molar-refractivity contribution is 5.96. The molecule has 5 heteroatoms. The summed E-state index contributed by atoms with van der Waals surface area (Å²) in [6.07, 6.45) is 2.37. The third-order valence-corrected chi connectivity index (χ3v) is 8.24. The minimum atomic E-state index is -0.810. The second-order valence-corrected chi connectivity index (χ2v) is 11.1. The summed E-state index contributed by atoms with van der Waals surface area (Å²) in [5.41, 5.74) is 9.60. The zero-order chi connectivity index (χ0) is 29.9. The summed E-state index contributed by atoms with van der Waals surface area (Å²) >= 11 is 0. The van der Waals surface area contributed by atoms with Gasteiger partial charge in [0.05, 0.1) is 17.5 Å². The van der Waals surface area contributed by atoms with Crippen LogP contribution in [0, 0.1) is 0 Å². The van der Waals surface area contributed by atoms with E-state index in [1.807, 2.05) is 36.4 Å². The van der Waals surface area contributed by atoms with Crippen LogP contribution in [-0.4, -0.2) is 20.6 Å². The molecular weight excluding hydrogens is 544 g/mol. The largest absolute Gasteiger partial charge is 0.481 e. The van der Waals surface area contributed by atoms with Crippen molar-refractivity contribution < 1.29 is 14.3 Å². The number of para-hydroxylation sites is 1. The van der Waals surface area contributed by atoms with Crippen LogP contribution in [0.4, 0.5) is 0 Å². The zero-order valence-corrected chi connectivity index (χ0v) is 24.3. The topological polar surface area (TPSA) is 68.3 Å². The van der Waals surface area contributed by atoms with E-state index in [0.29, 0.717) is 6.54 Å². The molecule has 1 N–H and O–H groups in total. The lowest BCUT2D eigenvalue weighted by Gasteiger charge is -2.09. The van der Waals surface area contributed by atoms with Crippen LogP contribution in [0.25, 0.3) is 44.3 Å².